The van der Waals surface area contributed by atoms with Gasteiger partial charge in [0.1, 0.15) is 24.1 Å². The molecule has 7 nitrogen and oxygen atoms in total. The van der Waals surface area contributed by atoms with Crippen LogP contribution in [-0.4, -0.2) is 70.9 Å². The first-order valence-electron chi connectivity index (χ1n) is 14.1. The van der Waals surface area contributed by atoms with Crippen LogP contribution >= 0.6 is 0 Å². The minimum absolute atomic E-state index is 0.196. The molecule has 0 saturated carbocycles. The van der Waals surface area contributed by atoms with Crippen molar-refractivity contribution >= 4 is 6.03 Å². The number of nitrogens with two attached hydrogens (primary N) is 1. The van der Waals surface area contributed by atoms with Crippen molar-refractivity contribution in [3.05, 3.63) is 77.8 Å². The predicted octanol–water partition coefficient (Wildman–Crippen LogP) is 5.80. The van der Waals surface area contributed by atoms with Crippen molar-refractivity contribution in [2.45, 2.75) is 52.2 Å². The topological polar surface area (TPSA) is 76.6 Å². The Bertz CT molecular complexity index is 1310. The number of halogens is 3. The molecular formula is C31H40F3N5O2. The number of urea groups is 1. The van der Waals surface area contributed by atoms with E-state index < -0.39 is 30.0 Å². The average Bonchev–Trinajstić information content (AvgIpc) is 3.37. The molecule has 2 atom stereocenters. The van der Waals surface area contributed by atoms with E-state index in [1.54, 1.807) is 28.0 Å². The number of aromatic nitrogens is 2. The number of alkyl halides is 1. The lowest BCUT2D eigenvalue weighted by atomic mass is 9.80. The molecule has 41 heavy (non-hydrogen) atoms. The Kier molecular flexibility index (Phi) is 10.1. The molecular weight excluding hydrogens is 531 g/mol. The fourth-order valence-electron chi connectivity index (χ4n) is 5.15. The third kappa shape index (κ3) is 7.48. The van der Waals surface area contributed by atoms with Gasteiger partial charge in [-0.25, -0.2) is 22.9 Å². The maximum atomic E-state index is 14.2. The number of amides is 2. The van der Waals surface area contributed by atoms with Crippen molar-refractivity contribution in [2.75, 3.05) is 39.5 Å². The van der Waals surface area contributed by atoms with Gasteiger partial charge < -0.3 is 24.8 Å². The van der Waals surface area contributed by atoms with Gasteiger partial charge in [-0.15, -0.1) is 0 Å². The smallest absolute Gasteiger partial charge is 0.320 e. The Morgan fingerprint density at radius 3 is 2.44 bits per heavy atom. The van der Waals surface area contributed by atoms with Crippen molar-refractivity contribution in [2.24, 2.45) is 11.1 Å². The Hall–Kier alpha value is -3.37. The van der Waals surface area contributed by atoms with E-state index in [9.17, 15) is 18.0 Å². The molecule has 1 aliphatic heterocycles. The van der Waals surface area contributed by atoms with Crippen LogP contribution in [0.1, 0.15) is 51.0 Å². The predicted molar refractivity (Wildman–Crippen MR) is 153 cm³/mol. The summed E-state index contributed by atoms with van der Waals surface area (Å²) in [5, 5.41) is 0. The highest BCUT2D eigenvalue weighted by Crippen LogP contribution is 2.42. The molecule has 2 aromatic carbocycles. The number of nitrogens with zero attached hydrogens (tertiary/aromatic N) is 4. The van der Waals surface area contributed by atoms with Crippen molar-refractivity contribution < 1.29 is 22.7 Å². The van der Waals surface area contributed by atoms with Crippen LogP contribution in [0.5, 0.6) is 0 Å². The van der Waals surface area contributed by atoms with Crippen LogP contribution in [0.2, 0.25) is 0 Å². The molecule has 0 radical (unpaired) electrons. The van der Waals surface area contributed by atoms with Gasteiger partial charge in [-0.3, -0.25) is 0 Å². The number of ether oxygens (including phenoxy) is 1. The van der Waals surface area contributed by atoms with Crippen molar-refractivity contribution in [3.63, 3.8) is 0 Å². The SMILES string of the molecule is CCC(C)(C)[C@H](c1nc(-c2cccc(F)c2)cn1Cc1cccc(F)c1)N(CC[C@@H](N)CF)C(=O)N1CCOCC1. The van der Waals surface area contributed by atoms with Crippen LogP contribution in [0, 0.1) is 17.0 Å². The van der Waals surface area contributed by atoms with E-state index in [0.29, 0.717) is 55.4 Å². The van der Waals surface area contributed by atoms with Crippen LogP contribution in [0.3, 0.4) is 0 Å². The number of hydrogen-bond donors (Lipinski definition) is 1. The van der Waals surface area contributed by atoms with E-state index >= 15 is 0 Å². The van der Waals surface area contributed by atoms with Crippen LogP contribution in [0.15, 0.2) is 54.7 Å². The van der Waals surface area contributed by atoms with Gasteiger partial charge in [-0.1, -0.05) is 45.0 Å². The molecule has 2 amide bonds. The molecule has 1 aromatic heterocycles. The number of benzene rings is 2. The zero-order valence-electron chi connectivity index (χ0n) is 24.0. The molecule has 222 valence electrons. The first-order valence-corrected chi connectivity index (χ1v) is 14.1. The van der Waals surface area contributed by atoms with E-state index in [-0.39, 0.29) is 31.4 Å². The highest BCUT2D eigenvalue weighted by molar-refractivity contribution is 5.75. The maximum Gasteiger partial charge on any atom is 0.320 e. The Balaban J connectivity index is 1.87. The molecule has 1 saturated heterocycles. The summed E-state index contributed by atoms with van der Waals surface area (Å²) in [5.74, 6) is -0.168. The molecule has 1 aliphatic rings. The third-order valence-electron chi connectivity index (χ3n) is 7.84. The molecule has 4 rings (SSSR count). The van der Waals surface area contributed by atoms with Gasteiger partial charge in [-0.2, -0.15) is 0 Å². The summed E-state index contributed by atoms with van der Waals surface area (Å²) in [6.45, 7) is 7.74. The minimum Gasteiger partial charge on any atom is -0.378 e. The van der Waals surface area contributed by atoms with Crippen LogP contribution < -0.4 is 5.73 Å². The largest absolute Gasteiger partial charge is 0.378 e. The van der Waals surface area contributed by atoms with Gasteiger partial charge in [0.15, 0.2) is 0 Å². The molecule has 10 heteroatoms. The van der Waals surface area contributed by atoms with Gasteiger partial charge in [0.25, 0.3) is 0 Å². The third-order valence-corrected chi connectivity index (χ3v) is 7.84. The minimum atomic E-state index is -0.713. The molecule has 0 unspecified atom stereocenters. The standard InChI is InChI=1S/C31H40F3N5O2/c1-4-31(2,3)28(39(12-11-26(35)19-32)30(40)37-13-15-41-16-14-37)29-36-27(23-8-6-10-25(34)18-23)21-38(29)20-22-7-5-9-24(33)17-22/h5-10,17-18,21,26,28H,4,11-16,19-20,35H2,1-3H3/t26-,28+/m1/s1. The summed E-state index contributed by atoms with van der Waals surface area (Å²) < 4.78 is 49.2. The highest BCUT2D eigenvalue weighted by Gasteiger charge is 2.41. The summed E-state index contributed by atoms with van der Waals surface area (Å²) in [4.78, 5) is 22.6. The van der Waals surface area contributed by atoms with E-state index in [0.717, 1.165) is 0 Å². The number of hydrogen-bond acceptors (Lipinski definition) is 4. The van der Waals surface area contributed by atoms with Gasteiger partial charge in [0, 0.05) is 44.0 Å². The Morgan fingerprint density at radius 2 is 1.80 bits per heavy atom. The van der Waals surface area contributed by atoms with Gasteiger partial charge in [0.05, 0.1) is 24.9 Å². The Morgan fingerprint density at radius 1 is 1.12 bits per heavy atom. The second-order valence-corrected chi connectivity index (χ2v) is 11.3. The van der Waals surface area contributed by atoms with Crippen molar-refractivity contribution in [3.8, 4) is 11.3 Å². The summed E-state index contributed by atoms with van der Waals surface area (Å²) in [5.41, 5.74) is 7.34. The van der Waals surface area contributed by atoms with E-state index in [1.807, 2.05) is 23.8 Å². The molecule has 0 bridgehead atoms. The van der Waals surface area contributed by atoms with E-state index in [1.165, 1.54) is 24.3 Å². The first-order chi connectivity index (χ1) is 19.6. The fourth-order valence-corrected chi connectivity index (χ4v) is 5.15. The lowest BCUT2D eigenvalue weighted by molar-refractivity contribution is 0.0248. The second kappa shape index (κ2) is 13.5. The van der Waals surface area contributed by atoms with Crippen molar-refractivity contribution in [1.82, 2.24) is 19.4 Å². The van der Waals surface area contributed by atoms with Crippen molar-refractivity contribution in [1.29, 1.82) is 0 Å². The van der Waals surface area contributed by atoms with Gasteiger partial charge in [-0.05, 0) is 48.1 Å². The van der Waals surface area contributed by atoms with E-state index in [2.05, 4.69) is 13.8 Å². The van der Waals surface area contributed by atoms with Gasteiger partial charge in [0.2, 0.25) is 0 Å². The maximum absolute atomic E-state index is 14.2. The summed E-state index contributed by atoms with van der Waals surface area (Å²) in [6, 6.07) is 11.0. The number of morpholine rings is 1. The highest BCUT2D eigenvalue weighted by atomic mass is 19.1. The normalized spacial score (nSPS) is 15.5. The fraction of sp³-hybridized carbons (Fsp3) is 0.484. The van der Waals surface area contributed by atoms with E-state index in [4.69, 9.17) is 15.5 Å². The van der Waals surface area contributed by atoms with Crippen LogP contribution in [0.4, 0.5) is 18.0 Å². The first kappa shape index (κ1) is 30.6. The number of rotatable bonds is 11. The number of carbonyl (C=O) groups excluding carboxylic acids is 1. The summed E-state index contributed by atoms with van der Waals surface area (Å²) in [6.07, 6.45) is 2.78. The van der Waals surface area contributed by atoms with Crippen LogP contribution in [-0.2, 0) is 11.3 Å². The van der Waals surface area contributed by atoms with Crippen LogP contribution in [0.25, 0.3) is 11.3 Å². The molecule has 1 fully saturated rings. The average molecular weight is 572 g/mol. The molecule has 0 spiro atoms. The zero-order valence-corrected chi connectivity index (χ0v) is 24.0. The molecule has 2 heterocycles. The monoisotopic (exact) mass is 571 g/mol. The number of imidazole rings is 1. The lowest BCUT2D eigenvalue weighted by Gasteiger charge is -2.44. The molecule has 3 aromatic rings. The molecule has 2 N–H and O–H groups in total. The quantitative estimate of drug-likeness (QED) is 0.316. The second-order valence-electron chi connectivity index (χ2n) is 11.3. The van der Waals surface area contributed by atoms with Gasteiger partial charge >= 0.3 is 6.03 Å². The summed E-state index contributed by atoms with van der Waals surface area (Å²) in [7, 11) is 0. The lowest BCUT2D eigenvalue weighted by Crippen LogP contribution is -2.53. The number of carbonyl (C=O) groups is 1. The molecule has 0 aliphatic carbocycles. The summed E-state index contributed by atoms with van der Waals surface area (Å²) >= 11 is 0. The zero-order chi connectivity index (χ0) is 29.6. The Labute approximate surface area is 240 Å².